The third kappa shape index (κ3) is 5.82. The zero-order valence-electron chi connectivity index (χ0n) is 14.8. The lowest BCUT2D eigenvalue weighted by molar-refractivity contribution is 0.352. The molecule has 0 aliphatic carbocycles. The van der Waals surface area contributed by atoms with Gasteiger partial charge in [-0.2, -0.15) is 5.10 Å². The summed E-state index contributed by atoms with van der Waals surface area (Å²) in [6.45, 7) is 10.2. The highest BCUT2D eigenvalue weighted by Crippen LogP contribution is 2.28. The molecule has 122 valence electrons. The van der Waals surface area contributed by atoms with Crippen LogP contribution in [0.25, 0.3) is 0 Å². The van der Waals surface area contributed by atoms with E-state index in [1.807, 2.05) is 11.7 Å². The van der Waals surface area contributed by atoms with Crippen LogP contribution in [0.2, 0.25) is 0 Å². The smallest absolute Gasteiger partial charge is 0.0669 e. The number of nitrogens with zero attached hydrogens (tertiary/aromatic N) is 2. The van der Waals surface area contributed by atoms with Crippen LogP contribution >= 0.6 is 0 Å². The van der Waals surface area contributed by atoms with Gasteiger partial charge in [0.25, 0.3) is 0 Å². The molecular weight excluding hydrogens is 258 g/mol. The summed E-state index contributed by atoms with van der Waals surface area (Å²) >= 11 is 0. The van der Waals surface area contributed by atoms with Crippen molar-refractivity contribution in [3.63, 3.8) is 0 Å². The minimum absolute atomic E-state index is 0.468. The standard InChI is InChI=1S/C18H35N3/c1-6-10-11-15(8-3)13-18(19-12-7-2)16-14-21(5)20-17(16)9-4/h14-15,18-19H,6-13H2,1-5H3. The van der Waals surface area contributed by atoms with Gasteiger partial charge in [0.05, 0.1) is 5.69 Å². The van der Waals surface area contributed by atoms with Gasteiger partial charge in [0, 0.05) is 24.8 Å². The van der Waals surface area contributed by atoms with Gasteiger partial charge in [0.1, 0.15) is 0 Å². The average molecular weight is 293 g/mol. The van der Waals surface area contributed by atoms with Crippen LogP contribution in [0.15, 0.2) is 6.20 Å². The van der Waals surface area contributed by atoms with Crippen LogP contribution in [-0.2, 0) is 13.5 Å². The zero-order chi connectivity index (χ0) is 15.7. The van der Waals surface area contributed by atoms with Crippen molar-refractivity contribution in [2.75, 3.05) is 6.54 Å². The van der Waals surface area contributed by atoms with Crippen molar-refractivity contribution in [1.29, 1.82) is 0 Å². The van der Waals surface area contributed by atoms with E-state index in [2.05, 4.69) is 44.3 Å². The molecular formula is C18H35N3. The van der Waals surface area contributed by atoms with E-state index in [4.69, 9.17) is 0 Å². The molecule has 0 bridgehead atoms. The zero-order valence-corrected chi connectivity index (χ0v) is 14.8. The molecule has 1 N–H and O–H groups in total. The van der Waals surface area contributed by atoms with Crippen molar-refractivity contribution < 1.29 is 0 Å². The molecule has 3 nitrogen and oxygen atoms in total. The summed E-state index contributed by atoms with van der Waals surface area (Å²) in [5, 5.41) is 8.39. The number of unbranched alkanes of at least 4 members (excludes halogenated alkanes) is 1. The maximum absolute atomic E-state index is 4.63. The Labute approximate surface area is 131 Å². The summed E-state index contributed by atoms with van der Waals surface area (Å²) in [6.07, 6.45) is 11.0. The Balaban J connectivity index is 2.82. The van der Waals surface area contributed by atoms with Crippen LogP contribution < -0.4 is 5.32 Å². The minimum Gasteiger partial charge on any atom is -0.310 e. The first-order chi connectivity index (χ1) is 10.2. The molecule has 0 aliphatic heterocycles. The number of hydrogen-bond donors (Lipinski definition) is 1. The fraction of sp³-hybridized carbons (Fsp3) is 0.833. The summed E-state index contributed by atoms with van der Waals surface area (Å²) in [5.41, 5.74) is 2.68. The predicted molar refractivity (Wildman–Crippen MR) is 91.5 cm³/mol. The third-order valence-electron chi connectivity index (χ3n) is 4.40. The van der Waals surface area contributed by atoms with Crippen molar-refractivity contribution >= 4 is 0 Å². The van der Waals surface area contributed by atoms with E-state index in [1.165, 1.54) is 49.8 Å². The lowest BCUT2D eigenvalue weighted by atomic mass is 9.89. The van der Waals surface area contributed by atoms with Crippen molar-refractivity contribution in [2.24, 2.45) is 13.0 Å². The Hall–Kier alpha value is -0.830. The number of aromatic nitrogens is 2. The summed E-state index contributed by atoms with van der Waals surface area (Å²) in [7, 11) is 2.04. The molecule has 0 fully saturated rings. The van der Waals surface area contributed by atoms with E-state index < -0.39 is 0 Å². The second-order valence-corrected chi connectivity index (χ2v) is 6.22. The van der Waals surface area contributed by atoms with E-state index >= 15 is 0 Å². The molecule has 0 saturated carbocycles. The van der Waals surface area contributed by atoms with E-state index in [0.717, 1.165) is 18.9 Å². The van der Waals surface area contributed by atoms with Crippen LogP contribution in [0.3, 0.4) is 0 Å². The highest BCUT2D eigenvalue weighted by molar-refractivity contribution is 5.21. The van der Waals surface area contributed by atoms with Gasteiger partial charge in [-0.15, -0.1) is 0 Å². The lowest BCUT2D eigenvalue weighted by Crippen LogP contribution is -2.25. The average Bonchev–Trinajstić information content (AvgIpc) is 2.87. The largest absolute Gasteiger partial charge is 0.310 e. The fourth-order valence-electron chi connectivity index (χ4n) is 3.07. The molecule has 21 heavy (non-hydrogen) atoms. The number of hydrogen-bond acceptors (Lipinski definition) is 2. The molecule has 1 rings (SSSR count). The molecule has 0 saturated heterocycles. The van der Waals surface area contributed by atoms with Crippen LogP contribution in [0.4, 0.5) is 0 Å². The van der Waals surface area contributed by atoms with Gasteiger partial charge >= 0.3 is 0 Å². The monoisotopic (exact) mass is 293 g/mol. The van der Waals surface area contributed by atoms with Crippen LogP contribution in [-0.4, -0.2) is 16.3 Å². The molecule has 1 heterocycles. The molecule has 0 spiro atoms. The van der Waals surface area contributed by atoms with Gasteiger partial charge in [-0.1, -0.05) is 53.4 Å². The molecule has 2 atom stereocenters. The first-order valence-electron chi connectivity index (χ1n) is 8.91. The normalized spacial score (nSPS) is 14.3. The Kier molecular flexibility index (Phi) is 8.67. The quantitative estimate of drug-likeness (QED) is 0.644. The molecule has 1 aromatic heterocycles. The molecule has 0 aliphatic rings. The second kappa shape index (κ2) is 9.99. The van der Waals surface area contributed by atoms with Gasteiger partial charge < -0.3 is 5.32 Å². The molecule has 3 heteroatoms. The Morgan fingerprint density at radius 1 is 1.19 bits per heavy atom. The highest BCUT2D eigenvalue weighted by Gasteiger charge is 2.20. The first kappa shape index (κ1) is 18.2. The maximum Gasteiger partial charge on any atom is 0.0669 e. The van der Waals surface area contributed by atoms with Crippen LogP contribution in [0.5, 0.6) is 0 Å². The topological polar surface area (TPSA) is 29.9 Å². The Morgan fingerprint density at radius 3 is 2.52 bits per heavy atom. The highest BCUT2D eigenvalue weighted by atomic mass is 15.3. The number of rotatable bonds is 11. The van der Waals surface area contributed by atoms with E-state index in [1.54, 1.807) is 0 Å². The summed E-state index contributed by atoms with van der Waals surface area (Å²) < 4.78 is 1.97. The van der Waals surface area contributed by atoms with Gasteiger partial charge in [-0.05, 0) is 31.7 Å². The van der Waals surface area contributed by atoms with Crippen LogP contribution in [0.1, 0.15) is 83.5 Å². The number of aryl methyl sites for hydroxylation is 2. The molecule has 0 aromatic carbocycles. The Morgan fingerprint density at radius 2 is 1.95 bits per heavy atom. The molecule has 1 aromatic rings. The Bertz CT molecular complexity index is 384. The molecule has 0 amide bonds. The van der Waals surface area contributed by atoms with Crippen molar-refractivity contribution in [3.8, 4) is 0 Å². The van der Waals surface area contributed by atoms with E-state index in [0.29, 0.717) is 6.04 Å². The number of nitrogens with one attached hydrogen (secondary N) is 1. The van der Waals surface area contributed by atoms with Gasteiger partial charge in [-0.25, -0.2) is 0 Å². The van der Waals surface area contributed by atoms with Crippen molar-refractivity contribution in [2.45, 2.75) is 78.7 Å². The second-order valence-electron chi connectivity index (χ2n) is 6.22. The maximum atomic E-state index is 4.63. The summed E-state index contributed by atoms with van der Waals surface area (Å²) in [4.78, 5) is 0. The molecule has 2 unspecified atom stereocenters. The van der Waals surface area contributed by atoms with E-state index in [-0.39, 0.29) is 0 Å². The van der Waals surface area contributed by atoms with Crippen LogP contribution in [0, 0.1) is 5.92 Å². The minimum atomic E-state index is 0.468. The van der Waals surface area contributed by atoms with Crippen molar-refractivity contribution in [1.82, 2.24) is 15.1 Å². The van der Waals surface area contributed by atoms with Gasteiger partial charge in [0.2, 0.25) is 0 Å². The van der Waals surface area contributed by atoms with Crippen molar-refractivity contribution in [3.05, 3.63) is 17.5 Å². The summed E-state index contributed by atoms with van der Waals surface area (Å²) in [6, 6.07) is 0.468. The SMILES string of the molecule is CCCCC(CC)CC(NCCC)c1cn(C)nc1CC. The summed E-state index contributed by atoms with van der Waals surface area (Å²) in [5.74, 6) is 0.823. The fourth-order valence-corrected chi connectivity index (χ4v) is 3.07. The molecule has 0 radical (unpaired) electrons. The third-order valence-corrected chi connectivity index (χ3v) is 4.40. The van der Waals surface area contributed by atoms with Gasteiger partial charge in [0.15, 0.2) is 0 Å². The predicted octanol–water partition coefficient (Wildman–Crippen LogP) is 4.63. The van der Waals surface area contributed by atoms with Gasteiger partial charge in [-0.3, -0.25) is 4.68 Å². The van der Waals surface area contributed by atoms with E-state index in [9.17, 15) is 0 Å². The lowest BCUT2D eigenvalue weighted by Gasteiger charge is -2.24. The first-order valence-corrected chi connectivity index (χ1v) is 8.91.